The van der Waals surface area contributed by atoms with Gasteiger partial charge in [0.15, 0.2) is 23.2 Å². The van der Waals surface area contributed by atoms with Gasteiger partial charge < -0.3 is 35.4 Å². The van der Waals surface area contributed by atoms with Crippen molar-refractivity contribution in [1.29, 1.82) is 0 Å². The molecule has 1 aliphatic heterocycles. The number of hydrogen-bond donors (Lipinski definition) is 4. The zero-order valence-electron chi connectivity index (χ0n) is 19.9. The van der Waals surface area contributed by atoms with Crippen molar-refractivity contribution >= 4 is 28.6 Å². The molecular formula is C25H28N6O5. The van der Waals surface area contributed by atoms with Gasteiger partial charge in [0.05, 0.1) is 13.2 Å². The minimum absolute atomic E-state index is 0.171. The number of nitrogens with zero attached hydrogens (tertiary/aromatic N) is 5. The van der Waals surface area contributed by atoms with E-state index in [1.807, 2.05) is 62.5 Å². The minimum atomic E-state index is -1.32. The molecule has 0 unspecified atom stereocenters. The number of aromatic nitrogens is 4. The molecular weight excluding hydrogens is 464 g/mol. The van der Waals surface area contributed by atoms with Crippen LogP contribution in [-0.4, -0.2) is 73.4 Å². The minimum Gasteiger partial charge on any atom is -0.494 e. The monoisotopic (exact) mass is 492 g/mol. The summed E-state index contributed by atoms with van der Waals surface area (Å²) in [5, 5.41) is 30.6. The summed E-state index contributed by atoms with van der Waals surface area (Å²) >= 11 is 0. The van der Waals surface area contributed by atoms with Gasteiger partial charge in [-0.1, -0.05) is 24.3 Å². The Balaban J connectivity index is 1.53. The molecule has 2 aromatic carbocycles. The predicted molar refractivity (Wildman–Crippen MR) is 134 cm³/mol. The number of aliphatic hydroxyl groups is 3. The Hall–Kier alpha value is -3.77. The first-order valence-corrected chi connectivity index (χ1v) is 11.6. The lowest BCUT2D eigenvalue weighted by Gasteiger charge is -2.24. The van der Waals surface area contributed by atoms with Crippen LogP contribution in [0.4, 0.5) is 17.5 Å². The maximum absolute atomic E-state index is 10.7. The van der Waals surface area contributed by atoms with Crippen molar-refractivity contribution in [2.75, 3.05) is 30.9 Å². The lowest BCUT2D eigenvalue weighted by atomic mass is 10.0. The van der Waals surface area contributed by atoms with Crippen LogP contribution < -0.4 is 15.4 Å². The highest BCUT2D eigenvalue weighted by Gasteiger charge is 2.45. The number of ether oxygens (including phenoxy) is 2. The molecule has 1 fully saturated rings. The Bertz CT molecular complexity index is 1360. The molecule has 11 nitrogen and oxygen atoms in total. The number of aliphatic hydroxyl groups excluding tert-OH is 3. The fourth-order valence-electron chi connectivity index (χ4n) is 4.40. The summed E-state index contributed by atoms with van der Waals surface area (Å²) in [5.41, 5.74) is 9.57. The Morgan fingerprint density at radius 2 is 1.86 bits per heavy atom. The summed E-state index contributed by atoms with van der Waals surface area (Å²) in [5.74, 6) is 1.35. The van der Waals surface area contributed by atoms with E-state index in [1.54, 1.807) is 9.47 Å². The normalized spacial score (nSPS) is 21.7. The average Bonchev–Trinajstić information content (AvgIpc) is 3.42. The van der Waals surface area contributed by atoms with E-state index in [1.165, 1.54) is 6.33 Å². The number of benzene rings is 2. The SMILES string of the molecule is CCOc1cccc(-c2ccc(N(C)c3nc4c(N)ncnc4n3[C@@H]3O[C@H](CO)[C@@H](O)[C@H]3O)cc2)c1. The van der Waals surface area contributed by atoms with Crippen LogP contribution in [0.1, 0.15) is 13.2 Å². The van der Waals surface area contributed by atoms with E-state index in [4.69, 9.17) is 15.2 Å². The molecule has 4 atom stereocenters. The second-order valence-electron chi connectivity index (χ2n) is 8.51. The largest absolute Gasteiger partial charge is 0.494 e. The molecule has 188 valence electrons. The number of rotatable bonds is 7. The lowest BCUT2D eigenvalue weighted by molar-refractivity contribution is -0.0503. The van der Waals surface area contributed by atoms with Gasteiger partial charge in [-0.2, -0.15) is 0 Å². The molecule has 0 amide bonds. The standard InChI is InChI=1S/C25H28N6O5/c1-3-35-17-6-4-5-15(11-17)14-7-9-16(10-8-14)30(2)25-29-19-22(26)27-13-28-23(19)31(25)24-21(34)20(33)18(12-32)36-24/h4-11,13,18,20-21,24,32-34H,3,12H2,1-2H3,(H2,26,27,28)/t18-,20-,21-,24-/m1/s1. The van der Waals surface area contributed by atoms with Crippen LogP contribution in [-0.2, 0) is 4.74 Å². The second kappa shape index (κ2) is 9.70. The summed E-state index contributed by atoms with van der Waals surface area (Å²) in [4.78, 5) is 14.8. The van der Waals surface area contributed by atoms with Crippen LogP contribution in [0.15, 0.2) is 54.9 Å². The quantitative estimate of drug-likeness (QED) is 0.301. The number of nitrogens with two attached hydrogens (primary N) is 1. The summed E-state index contributed by atoms with van der Waals surface area (Å²) in [6, 6.07) is 15.8. The number of hydrogen-bond acceptors (Lipinski definition) is 10. The molecule has 2 aromatic heterocycles. The van der Waals surface area contributed by atoms with Gasteiger partial charge in [-0.3, -0.25) is 4.57 Å². The first-order chi connectivity index (χ1) is 17.4. The van der Waals surface area contributed by atoms with Crippen molar-refractivity contribution in [3.05, 3.63) is 54.9 Å². The van der Waals surface area contributed by atoms with Gasteiger partial charge in [0.2, 0.25) is 5.95 Å². The Morgan fingerprint density at radius 1 is 1.08 bits per heavy atom. The number of nitrogen functional groups attached to an aromatic ring is 1. The zero-order valence-corrected chi connectivity index (χ0v) is 19.9. The predicted octanol–water partition coefficient (Wildman–Crippen LogP) is 1.85. The third-order valence-electron chi connectivity index (χ3n) is 6.29. The van der Waals surface area contributed by atoms with Crippen LogP contribution in [0.25, 0.3) is 22.3 Å². The van der Waals surface area contributed by atoms with Gasteiger partial charge in [0.1, 0.15) is 30.4 Å². The average molecular weight is 493 g/mol. The molecule has 0 spiro atoms. The van der Waals surface area contributed by atoms with Crippen molar-refractivity contribution in [1.82, 2.24) is 19.5 Å². The van der Waals surface area contributed by atoms with Crippen molar-refractivity contribution < 1.29 is 24.8 Å². The molecule has 11 heteroatoms. The molecule has 36 heavy (non-hydrogen) atoms. The first-order valence-electron chi connectivity index (χ1n) is 11.6. The van der Waals surface area contributed by atoms with Crippen molar-refractivity contribution in [3.63, 3.8) is 0 Å². The van der Waals surface area contributed by atoms with E-state index in [9.17, 15) is 15.3 Å². The molecule has 0 bridgehead atoms. The Labute approximate surface area is 207 Å². The van der Waals surface area contributed by atoms with Gasteiger partial charge in [-0.05, 0) is 42.3 Å². The molecule has 1 saturated heterocycles. The third-order valence-corrected chi connectivity index (χ3v) is 6.29. The topological polar surface area (TPSA) is 152 Å². The second-order valence-corrected chi connectivity index (χ2v) is 8.51. The van der Waals surface area contributed by atoms with Crippen LogP contribution in [0, 0.1) is 0 Å². The first kappa shape index (κ1) is 23.9. The third kappa shape index (κ3) is 4.11. The molecule has 5 rings (SSSR count). The molecule has 4 aromatic rings. The van der Waals surface area contributed by atoms with Crippen LogP contribution in [0.2, 0.25) is 0 Å². The van der Waals surface area contributed by atoms with Gasteiger partial charge in [0.25, 0.3) is 0 Å². The maximum atomic E-state index is 10.7. The highest BCUT2D eigenvalue weighted by Crippen LogP contribution is 2.38. The van der Waals surface area contributed by atoms with Gasteiger partial charge in [-0.15, -0.1) is 0 Å². The lowest BCUT2D eigenvalue weighted by Crippen LogP contribution is -2.33. The van der Waals surface area contributed by atoms with Crippen molar-refractivity contribution in [3.8, 4) is 16.9 Å². The number of imidazole rings is 1. The summed E-state index contributed by atoms with van der Waals surface area (Å²) in [7, 11) is 1.81. The summed E-state index contributed by atoms with van der Waals surface area (Å²) < 4.78 is 13.0. The van der Waals surface area contributed by atoms with E-state index in [-0.39, 0.29) is 5.82 Å². The maximum Gasteiger partial charge on any atom is 0.214 e. The van der Waals surface area contributed by atoms with Crippen LogP contribution in [0.5, 0.6) is 5.75 Å². The summed E-state index contributed by atoms with van der Waals surface area (Å²) in [6.45, 7) is 2.10. The fraction of sp³-hybridized carbons (Fsp3) is 0.320. The van der Waals surface area contributed by atoms with E-state index in [0.29, 0.717) is 23.7 Å². The Kier molecular flexibility index (Phi) is 6.46. The smallest absolute Gasteiger partial charge is 0.214 e. The summed E-state index contributed by atoms with van der Waals surface area (Å²) in [6.07, 6.45) is -3.29. The van der Waals surface area contributed by atoms with Crippen LogP contribution in [0.3, 0.4) is 0 Å². The molecule has 1 aliphatic rings. The molecule has 5 N–H and O–H groups in total. The fourth-order valence-corrected chi connectivity index (χ4v) is 4.40. The molecule has 0 aliphatic carbocycles. The van der Waals surface area contributed by atoms with Gasteiger partial charge in [0, 0.05) is 12.7 Å². The van der Waals surface area contributed by atoms with E-state index >= 15 is 0 Å². The van der Waals surface area contributed by atoms with Crippen molar-refractivity contribution in [2.24, 2.45) is 0 Å². The van der Waals surface area contributed by atoms with E-state index in [2.05, 4.69) is 15.0 Å². The number of anilines is 3. The highest BCUT2D eigenvalue weighted by molar-refractivity contribution is 5.85. The van der Waals surface area contributed by atoms with E-state index in [0.717, 1.165) is 22.6 Å². The molecule has 0 radical (unpaired) electrons. The molecule has 3 heterocycles. The van der Waals surface area contributed by atoms with Gasteiger partial charge in [-0.25, -0.2) is 15.0 Å². The van der Waals surface area contributed by atoms with E-state index < -0.39 is 31.1 Å². The molecule has 0 saturated carbocycles. The van der Waals surface area contributed by atoms with Crippen molar-refractivity contribution in [2.45, 2.75) is 31.5 Å². The Morgan fingerprint density at radius 3 is 2.56 bits per heavy atom. The van der Waals surface area contributed by atoms with Gasteiger partial charge >= 0.3 is 0 Å². The van der Waals surface area contributed by atoms with Crippen LogP contribution >= 0.6 is 0 Å². The number of fused-ring (bicyclic) bond motifs is 1. The zero-order chi connectivity index (χ0) is 25.4. The highest BCUT2D eigenvalue weighted by atomic mass is 16.6.